The highest BCUT2D eigenvalue weighted by molar-refractivity contribution is 5.88. The number of benzene rings is 3. The van der Waals surface area contributed by atoms with E-state index in [9.17, 15) is 10.1 Å². The van der Waals surface area contributed by atoms with Crippen molar-refractivity contribution in [2.24, 2.45) is 0 Å². The molecule has 0 radical (unpaired) electrons. The van der Waals surface area contributed by atoms with Gasteiger partial charge in [-0.05, 0) is 33.9 Å². The fourth-order valence-electron chi connectivity index (χ4n) is 2.80. The maximum absolute atomic E-state index is 11.5. The van der Waals surface area contributed by atoms with Gasteiger partial charge in [0.25, 0.3) is 5.69 Å². The molecule has 0 aliphatic carbocycles. The molecule has 0 aromatic heterocycles. The minimum absolute atomic E-state index is 0.0990. The largest absolute Gasteiger partial charge is 0.393 e. The number of hydrogen-bond acceptors (Lipinski definition) is 3. The molecule has 0 amide bonds. The van der Waals surface area contributed by atoms with Crippen LogP contribution in [0.3, 0.4) is 0 Å². The van der Waals surface area contributed by atoms with Gasteiger partial charge in [-0.2, -0.15) is 0 Å². The number of nitrogens with zero attached hydrogens (tertiary/aromatic N) is 1. The number of rotatable bonds is 5. The zero-order chi connectivity index (χ0) is 18.7. The first kappa shape index (κ1) is 17.2. The van der Waals surface area contributed by atoms with Crippen LogP contribution in [0.4, 0.5) is 11.4 Å². The molecule has 0 saturated carbocycles. The summed E-state index contributed by atoms with van der Waals surface area (Å²) in [7, 11) is 0. The Bertz CT molecular complexity index is 988. The minimum atomic E-state index is -0.446. The van der Waals surface area contributed by atoms with Gasteiger partial charge in [-0.15, -0.1) is 0 Å². The maximum Gasteiger partial charge on any atom is 0.293 e. The fourth-order valence-corrected chi connectivity index (χ4v) is 2.80. The molecular weight excluding hydrogens is 324 g/mol. The molecule has 0 heterocycles. The van der Waals surface area contributed by atoms with Gasteiger partial charge in [0, 0.05) is 11.6 Å². The monoisotopic (exact) mass is 342 g/mol. The third-order valence-corrected chi connectivity index (χ3v) is 4.29. The molecule has 4 nitrogen and oxygen atoms in total. The van der Waals surface area contributed by atoms with Gasteiger partial charge in [0.1, 0.15) is 5.69 Å². The summed E-state index contributed by atoms with van der Waals surface area (Å²) in [6.07, 6.45) is 3.50. The van der Waals surface area contributed by atoms with E-state index in [1.165, 1.54) is 6.07 Å². The molecule has 0 aliphatic rings. The summed E-state index contributed by atoms with van der Waals surface area (Å²) < 4.78 is 0. The Hall–Kier alpha value is -3.66. The zero-order valence-corrected chi connectivity index (χ0v) is 14.2. The highest BCUT2D eigenvalue weighted by atomic mass is 16.6. The summed E-state index contributed by atoms with van der Waals surface area (Å²) in [5.41, 5.74) is 11.2. The van der Waals surface area contributed by atoms with E-state index in [-0.39, 0.29) is 11.4 Å². The molecule has 4 heteroatoms. The Morgan fingerprint density at radius 3 is 1.77 bits per heavy atom. The molecule has 0 saturated heterocycles. The van der Waals surface area contributed by atoms with Crippen molar-refractivity contribution < 1.29 is 4.92 Å². The Labute approximate surface area is 152 Å². The first-order valence-electron chi connectivity index (χ1n) is 8.07. The Kier molecular flexibility index (Phi) is 4.67. The van der Waals surface area contributed by atoms with E-state index in [1.807, 2.05) is 54.6 Å². The maximum atomic E-state index is 11.5. The lowest BCUT2D eigenvalue weighted by molar-refractivity contribution is -0.383. The van der Waals surface area contributed by atoms with Gasteiger partial charge in [-0.3, -0.25) is 10.1 Å². The quantitative estimate of drug-likeness (QED) is 0.362. The average molecular weight is 342 g/mol. The SMILES string of the molecule is C=Cc1ccc(-c2cc(-c3ccc(C=C)cc3)c(N)c([N+](=O)[O-])c2)cc1. The Balaban J connectivity index is 2.19. The summed E-state index contributed by atoms with van der Waals surface area (Å²) in [6.45, 7) is 7.47. The highest BCUT2D eigenvalue weighted by Crippen LogP contribution is 2.38. The standard InChI is InChI=1S/C22H18N2O2/c1-3-15-5-9-17(10-6-15)19-13-20(22(23)21(14-19)24(25)26)18-11-7-16(4-2)8-12-18/h3-14H,1-2,23H2. The van der Waals surface area contributed by atoms with Crippen LogP contribution in [0.5, 0.6) is 0 Å². The highest BCUT2D eigenvalue weighted by Gasteiger charge is 2.19. The zero-order valence-electron chi connectivity index (χ0n) is 14.2. The van der Waals surface area contributed by atoms with E-state index in [2.05, 4.69) is 13.2 Å². The number of anilines is 1. The lowest BCUT2D eigenvalue weighted by Gasteiger charge is -2.11. The predicted molar refractivity (Wildman–Crippen MR) is 109 cm³/mol. The van der Waals surface area contributed by atoms with Crippen molar-refractivity contribution in [2.75, 3.05) is 5.73 Å². The van der Waals surface area contributed by atoms with Crippen LogP contribution >= 0.6 is 0 Å². The van der Waals surface area contributed by atoms with Crippen LogP contribution in [-0.2, 0) is 0 Å². The lowest BCUT2D eigenvalue weighted by Crippen LogP contribution is -1.99. The third-order valence-electron chi connectivity index (χ3n) is 4.29. The Morgan fingerprint density at radius 1 is 0.808 bits per heavy atom. The van der Waals surface area contributed by atoms with E-state index in [0.29, 0.717) is 5.56 Å². The summed E-state index contributed by atoms with van der Waals surface area (Å²) in [5.74, 6) is 0. The van der Waals surface area contributed by atoms with Gasteiger partial charge in [0.2, 0.25) is 0 Å². The van der Waals surface area contributed by atoms with Crippen molar-refractivity contribution in [2.45, 2.75) is 0 Å². The second-order valence-corrected chi connectivity index (χ2v) is 5.87. The van der Waals surface area contributed by atoms with E-state index in [1.54, 1.807) is 12.2 Å². The van der Waals surface area contributed by atoms with Gasteiger partial charge < -0.3 is 5.73 Å². The number of hydrogen-bond donors (Lipinski definition) is 1. The molecule has 128 valence electrons. The molecule has 3 rings (SSSR count). The molecule has 0 bridgehead atoms. The van der Waals surface area contributed by atoms with Crippen molar-refractivity contribution in [3.63, 3.8) is 0 Å². The first-order chi connectivity index (χ1) is 12.5. The second-order valence-electron chi connectivity index (χ2n) is 5.87. The Morgan fingerprint density at radius 2 is 1.31 bits per heavy atom. The molecule has 26 heavy (non-hydrogen) atoms. The molecular formula is C22H18N2O2. The molecule has 0 fully saturated rings. The van der Waals surface area contributed by atoms with Crippen LogP contribution in [0.25, 0.3) is 34.4 Å². The smallest absolute Gasteiger partial charge is 0.293 e. The van der Waals surface area contributed by atoms with Crippen LogP contribution in [0.1, 0.15) is 11.1 Å². The molecule has 0 spiro atoms. The fraction of sp³-hybridized carbons (Fsp3) is 0. The van der Waals surface area contributed by atoms with Gasteiger partial charge in [-0.1, -0.05) is 73.8 Å². The third kappa shape index (κ3) is 3.26. The first-order valence-corrected chi connectivity index (χ1v) is 8.07. The van der Waals surface area contributed by atoms with Crippen molar-refractivity contribution in [1.29, 1.82) is 0 Å². The van der Waals surface area contributed by atoms with Crippen molar-refractivity contribution in [3.8, 4) is 22.3 Å². The molecule has 3 aromatic rings. The topological polar surface area (TPSA) is 69.2 Å². The second kappa shape index (κ2) is 7.07. The van der Waals surface area contributed by atoms with E-state index in [0.717, 1.165) is 27.8 Å². The van der Waals surface area contributed by atoms with Gasteiger partial charge in [-0.25, -0.2) is 0 Å². The molecule has 2 N–H and O–H groups in total. The molecule has 0 unspecified atom stereocenters. The van der Waals surface area contributed by atoms with Gasteiger partial charge in [0.05, 0.1) is 4.92 Å². The summed E-state index contributed by atoms with van der Waals surface area (Å²) >= 11 is 0. The van der Waals surface area contributed by atoms with E-state index >= 15 is 0 Å². The van der Waals surface area contributed by atoms with Crippen molar-refractivity contribution in [3.05, 3.63) is 95.1 Å². The van der Waals surface area contributed by atoms with Crippen LogP contribution < -0.4 is 5.73 Å². The predicted octanol–water partition coefficient (Wildman–Crippen LogP) is 5.80. The van der Waals surface area contributed by atoms with Crippen molar-refractivity contribution in [1.82, 2.24) is 0 Å². The van der Waals surface area contributed by atoms with Crippen LogP contribution in [0.15, 0.2) is 73.8 Å². The average Bonchev–Trinajstić information content (AvgIpc) is 2.68. The van der Waals surface area contributed by atoms with Crippen LogP contribution in [0, 0.1) is 10.1 Å². The molecule has 3 aromatic carbocycles. The van der Waals surface area contributed by atoms with Gasteiger partial charge in [0.15, 0.2) is 0 Å². The normalized spacial score (nSPS) is 10.3. The number of nitrogen functional groups attached to an aromatic ring is 1. The number of nitrogens with two attached hydrogens (primary N) is 1. The van der Waals surface area contributed by atoms with Gasteiger partial charge >= 0.3 is 0 Å². The minimum Gasteiger partial charge on any atom is -0.393 e. The van der Waals surface area contributed by atoms with Crippen molar-refractivity contribution >= 4 is 23.5 Å². The number of nitro benzene ring substituents is 1. The number of nitro groups is 1. The van der Waals surface area contributed by atoms with Crippen LogP contribution in [-0.4, -0.2) is 4.92 Å². The lowest BCUT2D eigenvalue weighted by atomic mass is 9.95. The van der Waals surface area contributed by atoms with E-state index < -0.39 is 4.92 Å². The molecule has 0 aliphatic heterocycles. The molecule has 0 atom stereocenters. The van der Waals surface area contributed by atoms with E-state index in [4.69, 9.17) is 5.73 Å². The summed E-state index contributed by atoms with van der Waals surface area (Å²) in [5, 5.41) is 11.5. The summed E-state index contributed by atoms with van der Waals surface area (Å²) in [6, 6.07) is 18.6. The van der Waals surface area contributed by atoms with Crippen LogP contribution in [0.2, 0.25) is 0 Å². The summed E-state index contributed by atoms with van der Waals surface area (Å²) in [4.78, 5) is 11.0.